The topological polar surface area (TPSA) is 121 Å². The SMILES string of the molecule is C[C@](Cc1c[nH]c2ccccc12)(NC(=O)OC1C2CC3CC(C2)CC1C3)C(=O)N[C@H](/C=C/C=C/C(=O)O)Cc1ccccc1. The fourth-order valence-corrected chi connectivity index (χ4v) is 7.99. The summed E-state index contributed by atoms with van der Waals surface area (Å²) in [6, 6.07) is 17.2. The molecule has 2 aromatic carbocycles. The smallest absolute Gasteiger partial charge is 0.408 e. The van der Waals surface area contributed by atoms with Crippen LogP contribution in [0.1, 0.15) is 50.2 Å². The number of rotatable bonds is 11. The van der Waals surface area contributed by atoms with Crippen LogP contribution in [0, 0.1) is 23.7 Å². The van der Waals surface area contributed by atoms with Crippen LogP contribution in [0.3, 0.4) is 0 Å². The molecular formula is C36H41N3O5. The fraction of sp³-hybridized carbons (Fsp3) is 0.417. The number of hydrogen-bond donors (Lipinski definition) is 4. The molecule has 2 atom stereocenters. The molecule has 1 heterocycles. The first-order chi connectivity index (χ1) is 21.3. The summed E-state index contributed by atoms with van der Waals surface area (Å²) in [5.41, 5.74) is 1.55. The van der Waals surface area contributed by atoms with E-state index in [0.717, 1.165) is 65.6 Å². The fourth-order valence-electron chi connectivity index (χ4n) is 7.99. The van der Waals surface area contributed by atoms with E-state index in [0.29, 0.717) is 18.3 Å². The van der Waals surface area contributed by atoms with Gasteiger partial charge in [0.15, 0.2) is 0 Å². The molecule has 230 valence electrons. The van der Waals surface area contributed by atoms with Crippen LogP contribution in [0.15, 0.2) is 85.1 Å². The van der Waals surface area contributed by atoms with Gasteiger partial charge in [0.1, 0.15) is 11.6 Å². The molecule has 44 heavy (non-hydrogen) atoms. The lowest BCUT2D eigenvalue weighted by molar-refractivity contribution is -0.131. The van der Waals surface area contributed by atoms with E-state index in [1.54, 1.807) is 19.1 Å². The van der Waals surface area contributed by atoms with E-state index in [2.05, 4.69) is 15.6 Å². The maximum Gasteiger partial charge on any atom is 0.408 e. The minimum absolute atomic E-state index is 0.0991. The van der Waals surface area contributed by atoms with Gasteiger partial charge in [0, 0.05) is 29.6 Å². The zero-order valence-corrected chi connectivity index (χ0v) is 25.1. The molecule has 3 aromatic rings. The van der Waals surface area contributed by atoms with Gasteiger partial charge in [-0.1, -0.05) is 66.8 Å². The Morgan fingerprint density at radius 2 is 1.66 bits per heavy atom. The van der Waals surface area contributed by atoms with Gasteiger partial charge in [-0.3, -0.25) is 4.79 Å². The number of H-pyrrole nitrogens is 1. The summed E-state index contributed by atoms with van der Waals surface area (Å²) in [7, 11) is 0. The number of aliphatic carboxylic acids is 1. The van der Waals surface area contributed by atoms with E-state index in [4.69, 9.17) is 9.84 Å². The summed E-state index contributed by atoms with van der Waals surface area (Å²) in [6.07, 6.45) is 13.7. The molecule has 0 aliphatic heterocycles. The number of nitrogens with one attached hydrogen (secondary N) is 3. The third-order valence-corrected chi connectivity index (χ3v) is 9.79. The average molecular weight is 596 g/mol. The Morgan fingerprint density at radius 3 is 2.36 bits per heavy atom. The van der Waals surface area contributed by atoms with Crippen molar-refractivity contribution in [1.82, 2.24) is 15.6 Å². The van der Waals surface area contributed by atoms with Gasteiger partial charge in [-0.25, -0.2) is 9.59 Å². The molecule has 4 bridgehead atoms. The predicted octanol–water partition coefficient (Wildman–Crippen LogP) is 5.94. The van der Waals surface area contributed by atoms with E-state index in [-0.39, 0.29) is 18.4 Å². The highest BCUT2D eigenvalue weighted by Gasteiger charge is 2.50. The number of para-hydroxylation sites is 1. The van der Waals surface area contributed by atoms with Gasteiger partial charge >= 0.3 is 12.1 Å². The molecular weight excluding hydrogens is 554 g/mol. The van der Waals surface area contributed by atoms with Crippen LogP contribution in [0.4, 0.5) is 4.79 Å². The number of ether oxygens (including phenoxy) is 1. The molecule has 0 saturated heterocycles. The lowest BCUT2D eigenvalue weighted by Crippen LogP contribution is -2.61. The number of amides is 2. The van der Waals surface area contributed by atoms with Crippen molar-refractivity contribution in [1.29, 1.82) is 0 Å². The Bertz CT molecular complexity index is 1530. The third-order valence-electron chi connectivity index (χ3n) is 9.79. The third kappa shape index (κ3) is 6.74. The first kappa shape index (κ1) is 29.7. The van der Waals surface area contributed by atoms with E-state index in [1.165, 1.54) is 12.5 Å². The standard InChI is InChI=1S/C36H41N3O5/c1-36(21-28-22-37-31-13-7-6-12-30(28)31,39-35(43)44-33-26-16-24-15-25(18-26)19-27(33)17-24)34(42)38-29(11-5-8-14-32(40)41)20-23-9-3-2-4-10-23/h2-14,22,24-27,29,33,37H,15-21H2,1H3,(H,38,42)(H,39,43)(H,40,41)/b11-5+,14-8+/t24?,25?,26?,27?,29-,33?,36-/m1/s1. The van der Waals surface area contributed by atoms with Crippen LogP contribution in [-0.2, 0) is 27.2 Å². The van der Waals surface area contributed by atoms with Crippen LogP contribution < -0.4 is 10.6 Å². The van der Waals surface area contributed by atoms with E-state index >= 15 is 0 Å². The van der Waals surface area contributed by atoms with Crippen LogP contribution in [0.5, 0.6) is 0 Å². The molecule has 0 spiro atoms. The number of carbonyl (C=O) groups excluding carboxylic acids is 2. The number of fused-ring (bicyclic) bond motifs is 1. The van der Waals surface area contributed by atoms with Gasteiger partial charge in [-0.05, 0) is 86.3 Å². The van der Waals surface area contributed by atoms with Crippen molar-refractivity contribution in [3.8, 4) is 0 Å². The second kappa shape index (κ2) is 12.7. The number of carboxylic acids is 1. The summed E-state index contributed by atoms with van der Waals surface area (Å²) in [6.45, 7) is 1.75. The number of hydrogen-bond acceptors (Lipinski definition) is 4. The Labute approximate surface area is 258 Å². The highest BCUT2D eigenvalue weighted by atomic mass is 16.6. The van der Waals surface area contributed by atoms with Crippen molar-refractivity contribution < 1.29 is 24.2 Å². The highest BCUT2D eigenvalue weighted by Crippen LogP contribution is 2.54. The second-order valence-electron chi connectivity index (χ2n) is 13.1. The van der Waals surface area contributed by atoms with Crippen molar-refractivity contribution in [2.45, 2.75) is 69.6 Å². The summed E-state index contributed by atoms with van der Waals surface area (Å²) in [5, 5.41) is 16.1. The van der Waals surface area contributed by atoms with Gasteiger partial charge in [-0.15, -0.1) is 0 Å². The predicted molar refractivity (Wildman–Crippen MR) is 169 cm³/mol. The number of allylic oxidation sites excluding steroid dienone is 2. The van der Waals surface area contributed by atoms with Crippen molar-refractivity contribution in [3.63, 3.8) is 0 Å². The number of alkyl carbamates (subject to hydrolysis) is 1. The monoisotopic (exact) mass is 595 g/mol. The zero-order valence-electron chi connectivity index (χ0n) is 25.1. The maximum atomic E-state index is 14.2. The van der Waals surface area contributed by atoms with Gasteiger partial charge in [0.25, 0.3) is 0 Å². The number of carboxylic acid groups (broad SMARTS) is 1. The molecule has 0 unspecified atom stereocenters. The largest absolute Gasteiger partial charge is 0.478 e. The molecule has 7 rings (SSSR count). The van der Waals surface area contributed by atoms with Crippen molar-refractivity contribution in [2.75, 3.05) is 0 Å². The molecule has 4 aliphatic rings. The van der Waals surface area contributed by atoms with Crippen molar-refractivity contribution in [3.05, 3.63) is 96.2 Å². The summed E-state index contributed by atoms with van der Waals surface area (Å²) in [4.78, 5) is 42.1. The Hall–Kier alpha value is -4.33. The van der Waals surface area contributed by atoms with Crippen LogP contribution in [-0.4, -0.2) is 45.7 Å². The zero-order chi connectivity index (χ0) is 30.7. The first-order valence-electron chi connectivity index (χ1n) is 15.7. The van der Waals surface area contributed by atoms with Crippen molar-refractivity contribution in [2.24, 2.45) is 23.7 Å². The average Bonchev–Trinajstić information content (AvgIpc) is 3.39. The summed E-state index contributed by atoms with van der Waals surface area (Å²) in [5.74, 6) is 0.940. The summed E-state index contributed by atoms with van der Waals surface area (Å²) >= 11 is 0. The second-order valence-corrected chi connectivity index (χ2v) is 13.1. The normalized spacial score (nSPS) is 26.1. The Kier molecular flexibility index (Phi) is 8.60. The lowest BCUT2D eigenvalue weighted by Gasteiger charge is -2.53. The molecule has 0 radical (unpaired) electrons. The van der Waals surface area contributed by atoms with E-state index in [1.807, 2.05) is 60.8 Å². The molecule has 4 N–H and O–H groups in total. The van der Waals surface area contributed by atoms with Gasteiger partial charge in [0.05, 0.1) is 6.04 Å². The number of carbonyl (C=O) groups is 3. The van der Waals surface area contributed by atoms with Crippen LogP contribution in [0.2, 0.25) is 0 Å². The molecule has 4 aliphatic carbocycles. The molecule has 8 heteroatoms. The summed E-state index contributed by atoms with van der Waals surface area (Å²) < 4.78 is 6.17. The number of benzene rings is 2. The molecule has 2 amide bonds. The Morgan fingerprint density at radius 1 is 0.977 bits per heavy atom. The molecule has 4 fully saturated rings. The van der Waals surface area contributed by atoms with Gasteiger partial charge in [0.2, 0.25) is 5.91 Å². The molecule has 8 nitrogen and oxygen atoms in total. The van der Waals surface area contributed by atoms with Gasteiger partial charge < -0.3 is 25.5 Å². The maximum absolute atomic E-state index is 14.2. The van der Waals surface area contributed by atoms with Crippen LogP contribution in [0.25, 0.3) is 10.9 Å². The lowest BCUT2D eigenvalue weighted by atomic mass is 9.55. The van der Waals surface area contributed by atoms with Crippen molar-refractivity contribution >= 4 is 28.9 Å². The van der Waals surface area contributed by atoms with Gasteiger partial charge in [-0.2, -0.15) is 0 Å². The number of aromatic nitrogens is 1. The van der Waals surface area contributed by atoms with Crippen LogP contribution >= 0.6 is 0 Å². The quantitative estimate of drug-likeness (QED) is 0.161. The minimum Gasteiger partial charge on any atom is -0.478 e. The molecule has 4 saturated carbocycles. The van der Waals surface area contributed by atoms with E-state index in [9.17, 15) is 14.4 Å². The minimum atomic E-state index is -1.33. The highest BCUT2D eigenvalue weighted by molar-refractivity contribution is 5.92. The Balaban J connectivity index is 1.23. The first-order valence-corrected chi connectivity index (χ1v) is 15.7. The molecule has 1 aromatic heterocycles. The number of aromatic amines is 1. The van der Waals surface area contributed by atoms with E-state index < -0.39 is 23.6 Å².